The maximum atomic E-state index is 12.3. The lowest BCUT2D eigenvalue weighted by Crippen LogP contribution is -2.25. The quantitative estimate of drug-likeness (QED) is 0.394. The molecule has 1 amide bonds. The maximum Gasteiger partial charge on any atom is 0.224 e. The van der Waals surface area contributed by atoms with Crippen LogP contribution in [0.15, 0.2) is 84.9 Å². The van der Waals surface area contributed by atoms with Gasteiger partial charge in [-0.05, 0) is 66.5 Å². The minimum atomic E-state index is 0.0722. The molecule has 0 bridgehead atoms. The zero-order valence-corrected chi connectivity index (χ0v) is 18.6. The number of nitrogens with zero attached hydrogens (tertiary/aromatic N) is 1. The molecule has 160 valence electrons. The molecule has 0 unspecified atom stereocenters. The van der Waals surface area contributed by atoms with Gasteiger partial charge in [0.25, 0.3) is 0 Å². The second-order valence-corrected chi connectivity index (χ2v) is 7.59. The van der Waals surface area contributed by atoms with E-state index in [0.29, 0.717) is 6.42 Å². The molecule has 3 aromatic carbocycles. The number of amides is 1. The summed E-state index contributed by atoms with van der Waals surface area (Å²) in [5, 5.41) is 3.03. The van der Waals surface area contributed by atoms with E-state index < -0.39 is 0 Å². The van der Waals surface area contributed by atoms with Gasteiger partial charge >= 0.3 is 0 Å². The van der Waals surface area contributed by atoms with Gasteiger partial charge < -0.3 is 10.2 Å². The highest BCUT2D eigenvalue weighted by molar-refractivity contribution is 5.93. The number of nitrogens with one attached hydrogen (secondary N) is 1. The number of benzene rings is 3. The van der Waals surface area contributed by atoms with Crippen LogP contribution in [0.4, 0.5) is 5.69 Å². The normalized spacial score (nSPS) is 11.5. The van der Waals surface area contributed by atoms with Gasteiger partial charge in [0, 0.05) is 12.1 Å². The van der Waals surface area contributed by atoms with Gasteiger partial charge in [-0.3, -0.25) is 4.79 Å². The molecule has 0 saturated heterocycles. The standard InChI is InChI=1S/C28H32N2O/c1-3-30(4-2)21-11-16-28(31)29-26-19-17-25(18-20-26)27(24-14-9-6-10-15-24)22-23-12-7-5-8-13-23/h5-10,12-15,17-20,22H,3-4,11,16,21H2,1-2H3,(H,29,31)/b27-22+. The van der Waals surface area contributed by atoms with Crippen molar-refractivity contribution in [2.75, 3.05) is 25.0 Å². The zero-order valence-electron chi connectivity index (χ0n) is 18.6. The Balaban J connectivity index is 1.70. The first-order valence-corrected chi connectivity index (χ1v) is 11.1. The van der Waals surface area contributed by atoms with Crippen molar-refractivity contribution in [1.29, 1.82) is 0 Å². The summed E-state index contributed by atoms with van der Waals surface area (Å²) in [5.74, 6) is 0.0722. The molecule has 31 heavy (non-hydrogen) atoms. The molecular formula is C28H32N2O. The summed E-state index contributed by atoms with van der Waals surface area (Å²) in [6, 6.07) is 28.9. The Morgan fingerprint density at radius 3 is 2.00 bits per heavy atom. The van der Waals surface area contributed by atoms with E-state index in [1.54, 1.807) is 0 Å². The molecule has 0 atom stereocenters. The third-order valence-corrected chi connectivity index (χ3v) is 5.45. The van der Waals surface area contributed by atoms with E-state index >= 15 is 0 Å². The maximum absolute atomic E-state index is 12.3. The third-order valence-electron chi connectivity index (χ3n) is 5.45. The van der Waals surface area contributed by atoms with Gasteiger partial charge in [-0.15, -0.1) is 0 Å². The lowest BCUT2D eigenvalue weighted by atomic mass is 9.95. The Kier molecular flexibility index (Phi) is 8.62. The second kappa shape index (κ2) is 11.9. The van der Waals surface area contributed by atoms with Crippen LogP contribution < -0.4 is 5.32 Å². The summed E-state index contributed by atoms with van der Waals surface area (Å²) in [7, 11) is 0. The Hall–Kier alpha value is -3.17. The largest absolute Gasteiger partial charge is 0.326 e. The van der Waals surface area contributed by atoms with Crippen LogP contribution in [0.25, 0.3) is 11.6 Å². The number of carbonyl (C=O) groups is 1. The van der Waals surface area contributed by atoms with E-state index in [2.05, 4.69) is 78.7 Å². The molecule has 0 heterocycles. The molecule has 0 aliphatic heterocycles. The van der Waals surface area contributed by atoms with Crippen LogP contribution in [0.1, 0.15) is 43.4 Å². The van der Waals surface area contributed by atoms with Crippen LogP contribution in [0.2, 0.25) is 0 Å². The monoisotopic (exact) mass is 412 g/mol. The van der Waals surface area contributed by atoms with Gasteiger partial charge in [0.15, 0.2) is 0 Å². The minimum Gasteiger partial charge on any atom is -0.326 e. The molecule has 0 spiro atoms. The van der Waals surface area contributed by atoms with Gasteiger partial charge in [0.2, 0.25) is 5.91 Å². The molecule has 0 aliphatic carbocycles. The molecule has 1 N–H and O–H groups in total. The first-order chi connectivity index (χ1) is 15.2. The van der Waals surface area contributed by atoms with Crippen LogP contribution in [0.5, 0.6) is 0 Å². The van der Waals surface area contributed by atoms with Crippen LogP contribution in [0, 0.1) is 0 Å². The average Bonchev–Trinajstić information content (AvgIpc) is 2.82. The molecule has 0 saturated carbocycles. The van der Waals surface area contributed by atoms with E-state index in [9.17, 15) is 4.79 Å². The van der Waals surface area contributed by atoms with Crippen molar-refractivity contribution in [2.45, 2.75) is 26.7 Å². The third kappa shape index (κ3) is 6.94. The summed E-state index contributed by atoms with van der Waals surface area (Å²) >= 11 is 0. The molecule has 3 nitrogen and oxygen atoms in total. The molecule has 3 aromatic rings. The van der Waals surface area contributed by atoms with E-state index in [0.717, 1.165) is 48.4 Å². The van der Waals surface area contributed by atoms with E-state index in [1.807, 2.05) is 36.4 Å². The molecular weight excluding hydrogens is 380 g/mol. The first kappa shape index (κ1) is 22.5. The summed E-state index contributed by atoms with van der Waals surface area (Å²) < 4.78 is 0. The lowest BCUT2D eigenvalue weighted by molar-refractivity contribution is -0.116. The molecule has 3 rings (SSSR count). The number of hydrogen-bond acceptors (Lipinski definition) is 2. The average molecular weight is 413 g/mol. The van der Waals surface area contributed by atoms with Gasteiger partial charge in [-0.2, -0.15) is 0 Å². The van der Waals surface area contributed by atoms with E-state index in [1.165, 1.54) is 5.56 Å². The molecule has 0 radical (unpaired) electrons. The number of hydrogen-bond donors (Lipinski definition) is 1. The van der Waals surface area contributed by atoms with Crippen molar-refractivity contribution in [2.24, 2.45) is 0 Å². The van der Waals surface area contributed by atoms with Crippen LogP contribution >= 0.6 is 0 Å². The minimum absolute atomic E-state index is 0.0722. The van der Waals surface area contributed by atoms with E-state index in [4.69, 9.17) is 0 Å². The van der Waals surface area contributed by atoms with Crippen molar-refractivity contribution in [3.63, 3.8) is 0 Å². The summed E-state index contributed by atoms with van der Waals surface area (Å²) in [6.07, 6.45) is 3.63. The number of anilines is 1. The SMILES string of the molecule is CCN(CC)CCCC(=O)Nc1ccc(/C(=C/c2ccccc2)c2ccccc2)cc1. The van der Waals surface area contributed by atoms with Crippen molar-refractivity contribution in [3.8, 4) is 0 Å². The highest BCUT2D eigenvalue weighted by atomic mass is 16.1. The van der Waals surface area contributed by atoms with Gasteiger partial charge in [-0.25, -0.2) is 0 Å². The van der Waals surface area contributed by atoms with Crippen molar-refractivity contribution in [3.05, 3.63) is 102 Å². The topological polar surface area (TPSA) is 32.3 Å². The molecule has 0 aliphatic rings. The first-order valence-electron chi connectivity index (χ1n) is 11.1. The second-order valence-electron chi connectivity index (χ2n) is 7.59. The van der Waals surface area contributed by atoms with Gasteiger partial charge in [0.1, 0.15) is 0 Å². The fraction of sp³-hybridized carbons (Fsp3) is 0.250. The van der Waals surface area contributed by atoms with Crippen LogP contribution in [-0.2, 0) is 4.79 Å². The van der Waals surface area contributed by atoms with Gasteiger partial charge in [0.05, 0.1) is 0 Å². The predicted octanol–water partition coefficient (Wildman–Crippen LogP) is 6.34. The fourth-order valence-electron chi connectivity index (χ4n) is 3.63. The van der Waals surface area contributed by atoms with E-state index in [-0.39, 0.29) is 5.91 Å². The molecule has 3 heteroatoms. The Labute approximate surface area is 186 Å². The smallest absolute Gasteiger partial charge is 0.224 e. The number of rotatable bonds is 10. The Morgan fingerprint density at radius 1 is 0.806 bits per heavy atom. The predicted molar refractivity (Wildman–Crippen MR) is 132 cm³/mol. The fourth-order valence-corrected chi connectivity index (χ4v) is 3.63. The summed E-state index contributed by atoms with van der Waals surface area (Å²) in [5.41, 5.74) is 5.44. The van der Waals surface area contributed by atoms with Crippen LogP contribution in [-0.4, -0.2) is 30.4 Å². The van der Waals surface area contributed by atoms with Crippen molar-refractivity contribution >= 4 is 23.2 Å². The highest BCUT2D eigenvalue weighted by Crippen LogP contribution is 2.27. The Bertz CT molecular complexity index is 959. The highest BCUT2D eigenvalue weighted by Gasteiger charge is 2.08. The molecule has 0 fully saturated rings. The number of carbonyl (C=O) groups excluding carboxylic acids is 1. The lowest BCUT2D eigenvalue weighted by Gasteiger charge is -2.17. The van der Waals surface area contributed by atoms with Crippen LogP contribution in [0.3, 0.4) is 0 Å². The zero-order chi connectivity index (χ0) is 21.9. The van der Waals surface area contributed by atoms with Crippen molar-refractivity contribution in [1.82, 2.24) is 4.90 Å². The summed E-state index contributed by atoms with van der Waals surface area (Å²) in [4.78, 5) is 14.7. The molecule has 0 aromatic heterocycles. The van der Waals surface area contributed by atoms with Gasteiger partial charge in [-0.1, -0.05) is 86.6 Å². The van der Waals surface area contributed by atoms with Crippen molar-refractivity contribution < 1.29 is 4.79 Å². The summed E-state index contributed by atoms with van der Waals surface area (Å²) in [6.45, 7) is 7.33. The Morgan fingerprint density at radius 2 is 1.39 bits per heavy atom.